The Hall–Kier alpha value is -2.12. The van der Waals surface area contributed by atoms with Gasteiger partial charge >= 0.3 is 6.18 Å². The summed E-state index contributed by atoms with van der Waals surface area (Å²) in [4.78, 5) is 14.3. The van der Waals surface area contributed by atoms with Crippen LogP contribution in [0.5, 0.6) is 0 Å². The van der Waals surface area contributed by atoms with Gasteiger partial charge in [-0.1, -0.05) is 5.16 Å². The number of alkyl halides is 3. The molecule has 0 aliphatic carbocycles. The largest absolute Gasteiger partial charge is 0.461 e. The molecule has 0 aromatic carbocycles. The zero-order chi connectivity index (χ0) is 12.5. The van der Waals surface area contributed by atoms with Gasteiger partial charge in [0.2, 0.25) is 17.5 Å². The molecule has 90 valence electrons. The lowest BCUT2D eigenvalue weighted by Gasteiger charge is -2.00. The second-order valence-corrected chi connectivity index (χ2v) is 3.09. The molecular formula is C9H5F3N2O3. The topological polar surface area (TPSA) is 69.1 Å². The van der Waals surface area contributed by atoms with Crippen LogP contribution < -0.4 is 0 Å². The van der Waals surface area contributed by atoms with Gasteiger partial charge in [0.25, 0.3) is 0 Å². The van der Waals surface area contributed by atoms with Gasteiger partial charge in [0.1, 0.15) is 0 Å². The van der Waals surface area contributed by atoms with E-state index in [-0.39, 0.29) is 11.6 Å². The standard InChI is InChI=1S/C9H5F3N2O3/c10-9(11,12)6(15)4-7-13-8(14-17-7)5-2-1-3-16-5/h1-3H,4H2. The number of furan rings is 1. The van der Waals surface area contributed by atoms with Crippen molar-refractivity contribution >= 4 is 5.78 Å². The molecule has 8 heteroatoms. The zero-order valence-corrected chi connectivity index (χ0v) is 8.19. The lowest BCUT2D eigenvalue weighted by Crippen LogP contribution is -2.24. The highest BCUT2D eigenvalue weighted by atomic mass is 19.4. The zero-order valence-electron chi connectivity index (χ0n) is 8.19. The molecule has 0 amide bonds. The Balaban J connectivity index is 2.12. The maximum Gasteiger partial charge on any atom is 0.450 e. The van der Waals surface area contributed by atoms with Crippen molar-refractivity contribution in [3.8, 4) is 11.6 Å². The van der Waals surface area contributed by atoms with Crippen LogP contribution in [0, 0.1) is 0 Å². The lowest BCUT2D eigenvalue weighted by molar-refractivity contribution is -0.170. The third kappa shape index (κ3) is 2.52. The van der Waals surface area contributed by atoms with Crippen molar-refractivity contribution in [2.75, 3.05) is 0 Å². The summed E-state index contributed by atoms with van der Waals surface area (Å²) in [5.74, 6) is -2.09. The fraction of sp³-hybridized carbons (Fsp3) is 0.222. The average molecular weight is 246 g/mol. The number of rotatable bonds is 3. The van der Waals surface area contributed by atoms with Crippen molar-refractivity contribution < 1.29 is 26.9 Å². The number of nitrogens with zero attached hydrogens (tertiary/aromatic N) is 2. The fourth-order valence-corrected chi connectivity index (χ4v) is 1.07. The van der Waals surface area contributed by atoms with E-state index < -0.39 is 24.3 Å². The Bertz CT molecular complexity index is 516. The highest BCUT2D eigenvalue weighted by molar-refractivity contribution is 5.85. The van der Waals surface area contributed by atoms with E-state index in [2.05, 4.69) is 14.7 Å². The van der Waals surface area contributed by atoms with Gasteiger partial charge in [-0.15, -0.1) is 0 Å². The van der Waals surface area contributed by atoms with Crippen LogP contribution >= 0.6 is 0 Å². The second kappa shape index (κ2) is 4.04. The molecule has 0 atom stereocenters. The van der Waals surface area contributed by atoms with Crippen LogP contribution in [0.25, 0.3) is 11.6 Å². The van der Waals surface area contributed by atoms with E-state index in [1.165, 1.54) is 12.3 Å². The summed E-state index contributed by atoms with van der Waals surface area (Å²) >= 11 is 0. The first-order chi connectivity index (χ1) is 7.97. The monoisotopic (exact) mass is 246 g/mol. The summed E-state index contributed by atoms with van der Waals surface area (Å²) in [6.45, 7) is 0. The molecule has 17 heavy (non-hydrogen) atoms. The number of ketones is 1. The predicted molar refractivity (Wildman–Crippen MR) is 46.8 cm³/mol. The Labute approximate surface area is 92.2 Å². The Morgan fingerprint density at radius 1 is 1.41 bits per heavy atom. The molecule has 0 bridgehead atoms. The first-order valence-corrected chi connectivity index (χ1v) is 4.43. The number of halogens is 3. The first-order valence-electron chi connectivity index (χ1n) is 4.43. The van der Waals surface area contributed by atoms with Gasteiger partial charge in [-0.2, -0.15) is 18.2 Å². The van der Waals surface area contributed by atoms with Gasteiger partial charge in [0.05, 0.1) is 12.7 Å². The van der Waals surface area contributed by atoms with E-state index in [1.807, 2.05) is 0 Å². The molecule has 0 saturated heterocycles. The molecule has 0 saturated carbocycles. The van der Waals surface area contributed by atoms with Gasteiger partial charge in [0, 0.05) is 0 Å². The van der Waals surface area contributed by atoms with E-state index in [1.54, 1.807) is 6.07 Å². The highest BCUT2D eigenvalue weighted by Gasteiger charge is 2.39. The third-order valence-electron chi connectivity index (χ3n) is 1.84. The molecule has 0 unspecified atom stereocenters. The second-order valence-electron chi connectivity index (χ2n) is 3.09. The SMILES string of the molecule is O=C(Cc1nc(-c2ccco2)no1)C(F)(F)F. The molecule has 2 aromatic rings. The molecule has 0 spiro atoms. The van der Waals surface area contributed by atoms with Crippen LogP contribution in [-0.2, 0) is 11.2 Å². The summed E-state index contributed by atoms with van der Waals surface area (Å²) in [5, 5.41) is 3.39. The van der Waals surface area contributed by atoms with Crippen LogP contribution in [0.4, 0.5) is 13.2 Å². The third-order valence-corrected chi connectivity index (χ3v) is 1.84. The molecule has 0 aliphatic rings. The summed E-state index contributed by atoms with van der Waals surface area (Å²) in [5.41, 5.74) is 0. The van der Waals surface area contributed by atoms with Crippen LogP contribution in [0.3, 0.4) is 0 Å². The van der Waals surface area contributed by atoms with Gasteiger partial charge in [-0.25, -0.2) is 0 Å². The number of carbonyl (C=O) groups excluding carboxylic acids is 1. The fourth-order valence-electron chi connectivity index (χ4n) is 1.07. The molecule has 0 N–H and O–H groups in total. The van der Waals surface area contributed by atoms with E-state index in [0.717, 1.165) is 0 Å². The lowest BCUT2D eigenvalue weighted by atomic mass is 10.3. The quantitative estimate of drug-likeness (QED) is 0.828. The molecule has 0 aliphatic heterocycles. The average Bonchev–Trinajstić information content (AvgIpc) is 2.83. The minimum absolute atomic E-state index is 0.0000236. The van der Waals surface area contributed by atoms with Crippen molar-refractivity contribution in [3.63, 3.8) is 0 Å². The molecule has 2 heterocycles. The summed E-state index contributed by atoms with van der Waals surface area (Å²) < 4.78 is 45.3. The van der Waals surface area contributed by atoms with E-state index >= 15 is 0 Å². The van der Waals surface area contributed by atoms with Crippen molar-refractivity contribution in [2.24, 2.45) is 0 Å². The van der Waals surface area contributed by atoms with Crippen LogP contribution in [0.15, 0.2) is 27.3 Å². The number of hydrogen-bond donors (Lipinski definition) is 0. The Kier molecular flexibility index (Phi) is 2.70. The van der Waals surface area contributed by atoms with Gasteiger partial charge in [0.15, 0.2) is 5.76 Å². The molecule has 2 rings (SSSR count). The van der Waals surface area contributed by atoms with E-state index in [4.69, 9.17) is 4.42 Å². The number of carbonyl (C=O) groups is 1. The van der Waals surface area contributed by atoms with E-state index in [9.17, 15) is 18.0 Å². The van der Waals surface area contributed by atoms with Crippen molar-refractivity contribution in [1.29, 1.82) is 0 Å². The number of aromatic nitrogens is 2. The minimum Gasteiger partial charge on any atom is -0.461 e. The maximum absolute atomic E-state index is 12.0. The van der Waals surface area contributed by atoms with Crippen LogP contribution in [0.2, 0.25) is 0 Å². The van der Waals surface area contributed by atoms with Crippen molar-refractivity contribution in [1.82, 2.24) is 10.1 Å². The molecular weight excluding hydrogens is 241 g/mol. The highest BCUT2D eigenvalue weighted by Crippen LogP contribution is 2.20. The number of Topliss-reactive ketones (excluding diaryl/α,β-unsaturated/α-hetero) is 1. The Morgan fingerprint density at radius 2 is 2.18 bits per heavy atom. The maximum atomic E-state index is 12.0. The molecule has 0 fully saturated rings. The van der Waals surface area contributed by atoms with Crippen molar-refractivity contribution in [2.45, 2.75) is 12.6 Å². The summed E-state index contributed by atoms with van der Waals surface area (Å²) in [6, 6.07) is 3.08. The normalized spacial score (nSPS) is 11.7. The molecule has 5 nitrogen and oxygen atoms in total. The van der Waals surface area contributed by atoms with Gasteiger partial charge < -0.3 is 8.94 Å². The summed E-state index contributed by atoms with van der Waals surface area (Å²) in [6.07, 6.45) is -4.53. The minimum atomic E-state index is -4.90. The van der Waals surface area contributed by atoms with Crippen LogP contribution in [-0.4, -0.2) is 22.1 Å². The molecule has 2 aromatic heterocycles. The molecule has 0 radical (unpaired) electrons. The first kappa shape index (κ1) is 11.4. The number of hydrogen-bond acceptors (Lipinski definition) is 5. The summed E-state index contributed by atoms with van der Waals surface area (Å²) in [7, 11) is 0. The van der Waals surface area contributed by atoms with Gasteiger partial charge in [-0.3, -0.25) is 4.79 Å². The smallest absolute Gasteiger partial charge is 0.450 e. The van der Waals surface area contributed by atoms with Crippen LogP contribution in [0.1, 0.15) is 5.89 Å². The van der Waals surface area contributed by atoms with E-state index in [0.29, 0.717) is 0 Å². The Morgan fingerprint density at radius 3 is 2.76 bits per heavy atom. The van der Waals surface area contributed by atoms with Crippen molar-refractivity contribution in [3.05, 3.63) is 24.3 Å². The van der Waals surface area contributed by atoms with Gasteiger partial charge in [-0.05, 0) is 12.1 Å². The predicted octanol–water partition coefficient (Wildman–Crippen LogP) is 2.00.